The lowest BCUT2D eigenvalue weighted by molar-refractivity contribution is 0.180. The van der Waals surface area contributed by atoms with E-state index >= 15 is 0 Å². The summed E-state index contributed by atoms with van der Waals surface area (Å²) in [6, 6.07) is 0.193. The van der Waals surface area contributed by atoms with Crippen molar-refractivity contribution in [3.8, 4) is 0 Å². The van der Waals surface area contributed by atoms with E-state index in [-0.39, 0.29) is 22.3 Å². The molecule has 1 aliphatic carbocycles. The van der Waals surface area contributed by atoms with Crippen molar-refractivity contribution in [2.24, 2.45) is 5.92 Å². The van der Waals surface area contributed by atoms with Gasteiger partial charge in [0, 0.05) is 10.8 Å². The van der Waals surface area contributed by atoms with Crippen LogP contribution in [0.2, 0.25) is 0 Å². The number of nitrogens with one attached hydrogen (secondary N) is 1. The van der Waals surface area contributed by atoms with E-state index in [2.05, 4.69) is 25.5 Å². The van der Waals surface area contributed by atoms with Crippen molar-refractivity contribution in [2.75, 3.05) is 0 Å². The van der Waals surface area contributed by atoms with Gasteiger partial charge < -0.3 is 0 Å². The van der Waals surface area contributed by atoms with E-state index in [1.807, 2.05) is 13.0 Å². The third-order valence-corrected chi connectivity index (χ3v) is 3.72. The van der Waals surface area contributed by atoms with Gasteiger partial charge >= 0.3 is 0 Å². The second-order valence-electron chi connectivity index (χ2n) is 5.42. The van der Waals surface area contributed by atoms with Crippen LogP contribution in [0.4, 0.5) is 8.78 Å². The van der Waals surface area contributed by atoms with Crippen LogP contribution in [-0.2, 0) is 0 Å². The van der Waals surface area contributed by atoms with Crippen LogP contribution < -0.4 is 4.72 Å². The van der Waals surface area contributed by atoms with Crippen molar-refractivity contribution >= 4 is 11.9 Å². The molecule has 0 aliphatic heterocycles. The SMILES string of the molecule is CC(NSC(C)(C)C)C1C=CC=C(C(F)F)C1. The Labute approximate surface area is 107 Å². The Morgan fingerprint density at radius 2 is 2.06 bits per heavy atom. The molecule has 98 valence electrons. The topological polar surface area (TPSA) is 12.0 Å². The van der Waals surface area contributed by atoms with E-state index < -0.39 is 6.43 Å². The first-order valence-electron chi connectivity index (χ1n) is 5.88. The smallest absolute Gasteiger partial charge is 0.260 e. The molecule has 0 saturated heterocycles. The van der Waals surface area contributed by atoms with Gasteiger partial charge in [-0.25, -0.2) is 8.78 Å². The summed E-state index contributed by atoms with van der Waals surface area (Å²) >= 11 is 1.65. The van der Waals surface area contributed by atoms with E-state index in [4.69, 9.17) is 0 Å². The summed E-state index contributed by atoms with van der Waals surface area (Å²) in [7, 11) is 0. The molecule has 1 nitrogen and oxygen atoms in total. The molecule has 0 spiro atoms. The number of rotatable bonds is 4. The van der Waals surface area contributed by atoms with Gasteiger partial charge in [0.1, 0.15) is 0 Å². The van der Waals surface area contributed by atoms with Gasteiger partial charge in [0.05, 0.1) is 0 Å². The summed E-state index contributed by atoms with van der Waals surface area (Å²) in [4.78, 5) is 0. The quantitative estimate of drug-likeness (QED) is 0.762. The highest BCUT2D eigenvalue weighted by molar-refractivity contribution is 7.98. The highest BCUT2D eigenvalue weighted by Crippen LogP contribution is 2.28. The maximum Gasteiger partial charge on any atom is 0.260 e. The van der Waals surface area contributed by atoms with Crippen LogP contribution >= 0.6 is 11.9 Å². The van der Waals surface area contributed by atoms with Crippen molar-refractivity contribution in [3.05, 3.63) is 23.8 Å². The van der Waals surface area contributed by atoms with Crippen LogP contribution in [0.5, 0.6) is 0 Å². The average molecular weight is 261 g/mol. The number of halogens is 2. The van der Waals surface area contributed by atoms with Gasteiger partial charge in [-0.1, -0.05) is 30.2 Å². The summed E-state index contributed by atoms with van der Waals surface area (Å²) in [5, 5.41) is 0. The van der Waals surface area contributed by atoms with Gasteiger partial charge in [0.25, 0.3) is 6.43 Å². The van der Waals surface area contributed by atoms with Crippen molar-refractivity contribution < 1.29 is 8.78 Å². The third kappa shape index (κ3) is 5.21. The summed E-state index contributed by atoms with van der Waals surface area (Å²) in [6.07, 6.45) is 3.41. The molecule has 0 radical (unpaired) electrons. The lowest BCUT2D eigenvalue weighted by Gasteiger charge is -2.28. The Morgan fingerprint density at radius 1 is 1.41 bits per heavy atom. The molecule has 4 heteroatoms. The monoisotopic (exact) mass is 261 g/mol. The number of hydrogen-bond acceptors (Lipinski definition) is 2. The van der Waals surface area contributed by atoms with Crippen molar-refractivity contribution in [3.63, 3.8) is 0 Å². The lowest BCUT2D eigenvalue weighted by atomic mass is 9.89. The van der Waals surface area contributed by atoms with Crippen molar-refractivity contribution in [1.82, 2.24) is 4.72 Å². The van der Waals surface area contributed by atoms with Crippen LogP contribution in [0.1, 0.15) is 34.1 Å². The highest BCUT2D eigenvalue weighted by atomic mass is 32.2. The molecule has 1 rings (SSSR count). The first kappa shape index (κ1) is 14.7. The number of alkyl halides is 2. The summed E-state index contributed by atoms with van der Waals surface area (Å²) in [5.41, 5.74) is 0.243. The normalized spacial score (nSPS) is 22.8. The third-order valence-electron chi connectivity index (χ3n) is 2.61. The van der Waals surface area contributed by atoms with Gasteiger partial charge in [0.15, 0.2) is 0 Å². The molecule has 17 heavy (non-hydrogen) atoms. The molecular formula is C13H21F2NS. The summed E-state index contributed by atoms with van der Waals surface area (Å²) in [5.74, 6) is 0.152. The Hall–Kier alpha value is -0.350. The van der Waals surface area contributed by atoms with Crippen LogP contribution in [0.25, 0.3) is 0 Å². The largest absolute Gasteiger partial charge is 0.260 e. The zero-order valence-corrected chi connectivity index (χ0v) is 11.7. The van der Waals surface area contributed by atoms with E-state index in [1.54, 1.807) is 18.0 Å². The molecule has 1 N–H and O–H groups in total. The molecule has 0 saturated carbocycles. The lowest BCUT2D eigenvalue weighted by Crippen LogP contribution is -2.32. The molecule has 1 aliphatic rings. The van der Waals surface area contributed by atoms with Crippen LogP contribution in [-0.4, -0.2) is 17.2 Å². The van der Waals surface area contributed by atoms with Crippen molar-refractivity contribution in [1.29, 1.82) is 0 Å². The first-order valence-corrected chi connectivity index (χ1v) is 6.70. The predicted octanol–water partition coefficient (Wildman–Crippen LogP) is 4.18. The molecule has 0 amide bonds. The molecule has 0 fully saturated rings. The first-order chi connectivity index (χ1) is 7.79. The fourth-order valence-corrected chi connectivity index (χ4v) is 2.31. The maximum absolute atomic E-state index is 12.6. The van der Waals surface area contributed by atoms with Crippen LogP contribution in [0.3, 0.4) is 0 Å². The molecule has 2 unspecified atom stereocenters. The summed E-state index contributed by atoms with van der Waals surface area (Å²) < 4.78 is 28.7. The minimum atomic E-state index is -2.33. The van der Waals surface area contributed by atoms with Gasteiger partial charge in [-0.15, -0.1) is 0 Å². The Kier molecular flexibility index (Phi) is 5.20. The molecule has 0 aromatic rings. The molecule has 0 aromatic heterocycles. The average Bonchev–Trinajstić information content (AvgIpc) is 2.25. The highest BCUT2D eigenvalue weighted by Gasteiger charge is 2.23. The van der Waals surface area contributed by atoms with Crippen molar-refractivity contribution in [2.45, 2.75) is 51.3 Å². The molecule has 2 atom stereocenters. The van der Waals surface area contributed by atoms with Gasteiger partial charge in [-0.2, -0.15) is 0 Å². The molecule has 0 bridgehead atoms. The number of allylic oxidation sites excluding steroid dienone is 3. The molecule has 0 heterocycles. The van der Waals surface area contributed by atoms with Crippen LogP contribution in [0.15, 0.2) is 23.8 Å². The fourth-order valence-electron chi connectivity index (χ4n) is 1.59. The minimum Gasteiger partial charge on any atom is -0.260 e. The van der Waals surface area contributed by atoms with E-state index in [0.717, 1.165) is 0 Å². The van der Waals surface area contributed by atoms with Crippen LogP contribution in [0, 0.1) is 5.92 Å². The van der Waals surface area contributed by atoms with Gasteiger partial charge in [-0.3, -0.25) is 4.72 Å². The molecule has 0 aromatic carbocycles. The zero-order valence-electron chi connectivity index (χ0n) is 10.8. The van der Waals surface area contributed by atoms with E-state index in [9.17, 15) is 8.78 Å². The standard InChI is InChI=1S/C13H21F2NS/c1-9(16-17-13(2,3)4)10-6-5-7-11(8-10)12(14)15/h5-7,9-10,12,16H,8H2,1-4H3. The fraction of sp³-hybridized carbons (Fsp3) is 0.692. The second kappa shape index (κ2) is 6.01. The Morgan fingerprint density at radius 3 is 2.59 bits per heavy atom. The number of hydrogen-bond donors (Lipinski definition) is 1. The molecular weight excluding hydrogens is 240 g/mol. The van der Waals surface area contributed by atoms with E-state index in [0.29, 0.717) is 6.42 Å². The van der Waals surface area contributed by atoms with Gasteiger partial charge in [-0.05, 0) is 45.6 Å². The van der Waals surface area contributed by atoms with E-state index in [1.165, 1.54) is 6.08 Å². The zero-order chi connectivity index (χ0) is 13.1. The second-order valence-corrected chi connectivity index (χ2v) is 7.08. The van der Waals surface area contributed by atoms with Gasteiger partial charge in [0.2, 0.25) is 0 Å². The predicted molar refractivity (Wildman–Crippen MR) is 71.3 cm³/mol. The Balaban J connectivity index is 2.47. The maximum atomic E-state index is 12.6. The minimum absolute atomic E-state index is 0.133. The Bertz CT molecular complexity index is 305. The summed E-state index contributed by atoms with van der Waals surface area (Å²) in [6.45, 7) is 8.41.